The van der Waals surface area contributed by atoms with Crippen LogP contribution in [0.5, 0.6) is 0 Å². The molecule has 8 aromatic rings. The highest BCUT2D eigenvalue weighted by Gasteiger charge is 2.51. The number of nitrogens with zero attached hydrogens (tertiary/aromatic N) is 6. The fourth-order valence-corrected chi connectivity index (χ4v) is 8.01. The first-order valence-electron chi connectivity index (χ1n) is 17.1. The van der Waals surface area contributed by atoms with E-state index in [-0.39, 0.29) is 0 Å². The second kappa shape index (κ2) is 11.6. The number of rotatable bonds is 4. The van der Waals surface area contributed by atoms with Gasteiger partial charge in [-0.1, -0.05) is 91.0 Å². The van der Waals surface area contributed by atoms with E-state index in [1.165, 1.54) is 22.3 Å². The molecule has 51 heavy (non-hydrogen) atoms. The van der Waals surface area contributed by atoms with Crippen molar-refractivity contribution in [2.75, 3.05) is 9.80 Å². The number of aromatic nitrogens is 4. The highest BCUT2D eigenvalue weighted by molar-refractivity contribution is 5.96. The van der Waals surface area contributed by atoms with Crippen molar-refractivity contribution in [3.05, 3.63) is 205 Å². The Balaban J connectivity index is 1.28. The molecule has 6 heteroatoms. The molecular weight excluding hydrogens is 625 g/mol. The van der Waals surface area contributed by atoms with Crippen molar-refractivity contribution >= 4 is 34.3 Å². The molecule has 5 aromatic carbocycles. The molecule has 0 unspecified atom stereocenters. The van der Waals surface area contributed by atoms with Gasteiger partial charge in [0.15, 0.2) is 5.82 Å². The zero-order valence-electron chi connectivity index (χ0n) is 27.5. The molecule has 3 aromatic heterocycles. The smallest absolute Gasteiger partial charge is 0.163 e. The molecule has 1 spiro atoms. The maximum absolute atomic E-state index is 5.27. The van der Waals surface area contributed by atoms with Crippen LogP contribution >= 0.6 is 0 Å². The van der Waals surface area contributed by atoms with Gasteiger partial charge in [-0.15, -0.1) is 0 Å². The molecule has 0 saturated carbocycles. The van der Waals surface area contributed by atoms with Crippen molar-refractivity contribution in [3.63, 3.8) is 0 Å². The van der Waals surface area contributed by atoms with Gasteiger partial charge >= 0.3 is 0 Å². The number of hydrogen-bond acceptors (Lipinski definition) is 6. The minimum Gasteiger partial charge on any atom is -0.310 e. The van der Waals surface area contributed by atoms with E-state index in [1.54, 1.807) is 12.4 Å². The molecule has 0 radical (unpaired) electrons. The summed E-state index contributed by atoms with van der Waals surface area (Å²) in [5, 5.41) is 0. The van der Waals surface area contributed by atoms with Gasteiger partial charge in [0.25, 0.3) is 0 Å². The Morgan fingerprint density at radius 1 is 0.412 bits per heavy atom. The van der Waals surface area contributed by atoms with E-state index in [4.69, 9.17) is 9.97 Å². The first kappa shape index (κ1) is 29.0. The van der Waals surface area contributed by atoms with Crippen molar-refractivity contribution in [2.24, 2.45) is 0 Å². The topological polar surface area (TPSA) is 58.0 Å². The van der Waals surface area contributed by atoms with Gasteiger partial charge in [0.05, 0.1) is 33.9 Å². The summed E-state index contributed by atoms with van der Waals surface area (Å²) >= 11 is 0. The Bertz CT molecular complexity index is 2400. The summed E-state index contributed by atoms with van der Waals surface area (Å²) in [6, 6.07) is 55.9. The summed E-state index contributed by atoms with van der Waals surface area (Å²) in [7, 11) is 0. The summed E-state index contributed by atoms with van der Waals surface area (Å²) in [6.07, 6.45) is 7.21. The number of para-hydroxylation sites is 5. The lowest BCUT2D eigenvalue weighted by Crippen LogP contribution is -2.42. The lowest BCUT2D eigenvalue weighted by Gasteiger charge is -2.51. The lowest BCUT2D eigenvalue weighted by molar-refractivity contribution is 0.718. The van der Waals surface area contributed by atoms with E-state index in [2.05, 4.69) is 153 Å². The number of benzene rings is 5. The van der Waals surface area contributed by atoms with Crippen LogP contribution in [-0.2, 0) is 5.41 Å². The average molecular weight is 655 g/mol. The van der Waals surface area contributed by atoms with Crippen molar-refractivity contribution in [1.29, 1.82) is 0 Å². The third-order valence-electron chi connectivity index (χ3n) is 10.0. The molecule has 5 heterocycles. The summed E-state index contributed by atoms with van der Waals surface area (Å²) in [4.78, 5) is 23.8. The van der Waals surface area contributed by atoms with Crippen LogP contribution < -0.4 is 9.80 Å². The van der Waals surface area contributed by atoms with Gasteiger partial charge in [-0.05, 0) is 82.9 Å². The maximum Gasteiger partial charge on any atom is 0.163 e. The predicted molar refractivity (Wildman–Crippen MR) is 203 cm³/mol. The van der Waals surface area contributed by atoms with Crippen molar-refractivity contribution in [3.8, 4) is 22.6 Å². The zero-order chi connectivity index (χ0) is 33.8. The second-order valence-corrected chi connectivity index (χ2v) is 12.7. The predicted octanol–water partition coefficient (Wildman–Crippen LogP) is 10.5. The molecule has 2 aliphatic heterocycles. The van der Waals surface area contributed by atoms with Crippen LogP contribution in [0, 0.1) is 0 Å². The molecule has 0 fully saturated rings. The van der Waals surface area contributed by atoms with Gasteiger partial charge in [0.1, 0.15) is 5.82 Å². The van der Waals surface area contributed by atoms with Gasteiger partial charge in [0, 0.05) is 47.7 Å². The molecule has 10 rings (SSSR count). The quantitative estimate of drug-likeness (QED) is 0.188. The molecule has 240 valence electrons. The van der Waals surface area contributed by atoms with Crippen molar-refractivity contribution < 1.29 is 0 Å². The molecule has 0 atom stereocenters. The molecule has 0 N–H and O–H groups in total. The molecule has 6 nitrogen and oxygen atoms in total. The van der Waals surface area contributed by atoms with Crippen LogP contribution in [0.3, 0.4) is 0 Å². The van der Waals surface area contributed by atoms with Gasteiger partial charge in [-0.2, -0.15) is 0 Å². The molecule has 0 bridgehead atoms. The third kappa shape index (κ3) is 4.36. The Kier molecular flexibility index (Phi) is 6.61. The largest absolute Gasteiger partial charge is 0.310 e. The van der Waals surface area contributed by atoms with Crippen LogP contribution in [0.2, 0.25) is 0 Å². The highest BCUT2D eigenvalue weighted by Crippen LogP contribution is 2.63. The van der Waals surface area contributed by atoms with Crippen molar-refractivity contribution in [1.82, 2.24) is 19.9 Å². The number of pyridine rings is 2. The maximum atomic E-state index is 5.27. The first-order chi connectivity index (χ1) is 25.3. The summed E-state index contributed by atoms with van der Waals surface area (Å²) in [5.74, 6) is 1.36. The lowest BCUT2D eigenvalue weighted by atomic mass is 9.60. The van der Waals surface area contributed by atoms with Crippen LogP contribution in [0.15, 0.2) is 183 Å². The molecule has 0 amide bonds. The summed E-state index contributed by atoms with van der Waals surface area (Å²) < 4.78 is 0. The highest BCUT2D eigenvalue weighted by atomic mass is 15.2. The molecule has 0 aliphatic carbocycles. The van der Waals surface area contributed by atoms with E-state index >= 15 is 0 Å². The Morgan fingerprint density at radius 2 is 0.882 bits per heavy atom. The van der Waals surface area contributed by atoms with Crippen LogP contribution in [0.4, 0.5) is 34.3 Å². The molecular formula is C45H30N6. The van der Waals surface area contributed by atoms with E-state index < -0.39 is 5.41 Å². The van der Waals surface area contributed by atoms with Gasteiger partial charge in [-0.3, -0.25) is 14.9 Å². The summed E-state index contributed by atoms with van der Waals surface area (Å²) in [5.41, 5.74) is 12.3. The van der Waals surface area contributed by atoms with Crippen molar-refractivity contribution in [2.45, 2.75) is 5.41 Å². The fourth-order valence-electron chi connectivity index (χ4n) is 8.01. The van der Waals surface area contributed by atoms with Gasteiger partial charge < -0.3 is 4.90 Å². The van der Waals surface area contributed by atoms with Crippen LogP contribution in [0.1, 0.15) is 22.3 Å². The normalized spacial score (nSPS) is 13.6. The van der Waals surface area contributed by atoms with E-state index in [0.717, 1.165) is 51.1 Å². The SMILES string of the molecule is c1ccc(N2c3ccccc3C3(c4ccccc42)c2ccccc2N(c2cc(-c4cccnc4)nc(-c4cccnc4)n2)c2ccccc23)cc1. The molecule has 0 saturated heterocycles. The molecule has 2 aliphatic rings. The van der Waals surface area contributed by atoms with E-state index in [1.807, 2.05) is 36.7 Å². The van der Waals surface area contributed by atoms with Crippen LogP contribution in [0.25, 0.3) is 22.6 Å². The minimum absolute atomic E-state index is 0.599. The fraction of sp³-hybridized carbons (Fsp3) is 0.0222. The first-order valence-corrected chi connectivity index (χ1v) is 17.1. The number of anilines is 6. The third-order valence-corrected chi connectivity index (χ3v) is 10.0. The zero-order valence-corrected chi connectivity index (χ0v) is 27.5. The van der Waals surface area contributed by atoms with Gasteiger partial charge in [-0.25, -0.2) is 9.97 Å². The average Bonchev–Trinajstić information content (AvgIpc) is 3.21. The monoisotopic (exact) mass is 654 g/mol. The number of hydrogen-bond donors (Lipinski definition) is 0. The van der Waals surface area contributed by atoms with E-state index in [0.29, 0.717) is 5.82 Å². The Hall–Kier alpha value is -6.92. The standard InChI is InChI=1S/C45H30N6/c1-2-16-33(17-3-1)50-39-22-8-4-18-34(39)45(35-19-5-9-23-40(35)50)36-20-6-10-24-41(36)51(42-25-11-7-21-37(42)45)43-28-38(31-14-12-26-46-29-31)48-44(49-43)32-15-13-27-47-30-32/h1-30H. The Labute approximate surface area is 296 Å². The van der Waals surface area contributed by atoms with E-state index in [9.17, 15) is 0 Å². The second-order valence-electron chi connectivity index (χ2n) is 12.7. The summed E-state index contributed by atoms with van der Waals surface area (Å²) in [6.45, 7) is 0. The minimum atomic E-state index is -0.618. The van der Waals surface area contributed by atoms with Gasteiger partial charge in [0.2, 0.25) is 0 Å². The number of fused-ring (bicyclic) bond motifs is 8. The Morgan fingerprint density at radius 3 is 1.39 bits per heavy atom. The van der Waals surface area contributed by atoms with Crippen LogP contribution in [-0.4, -0.2) is 19.9 Å².